The van der Waals surface area contributed by atoms with Crippen LogP contribution in [0.1, 0.15) is 24.5 Å². The number of hydrogen-bond acceptors (Lipinski definition) is 4. The summed E-state index contributed by atoms with van der Waals surface area (Å²) in [5.41, 5.74) is 1.95. The van der Waals surface area contributed by atoms with E-state index in [4.69, 9.17) is 0 Å². The first kappa shape index (κ1) is 13.4. The van der Waals surface area contributed by atoms with E-state index >= 15 is 0 Å². The van der Waals surface area contributed by atoms with Crippen LogP contribution in [0.4, 0.5) is 4.39 Å². The molecule has 0 atom stereocenters. The summed E-state index contributed by atoms with van der Waals surface area (Å²) in [6.07, 6.45) is 5.60. The molecule has 4 aromatic rings. The van der Waals surface area contributed by atoms with Gasteiger partial charge in [-0.05, 0) is 31.0 Å². The molecule has 0 spiro atoms. The molecule has 0 bridgehead atoms. The minimum absolute atomic E-state index is 0.271. The van der Waals surface area contributed by atoms with Crippen LogP contribution in [0.15, 0.2) is 35.5 Å². The molecule has 5 rings (SSSR count). The molecule has 0 aliphatic heterocycles. The van der Waals surface area contributed by atoms with Gasteiger partial charge < -0.3 is 0 Å². The largest absolute Gasteiger partial charge is 0.294 e. The zero-order valence-electron chi connectivity index (χ0n) is 12.8. The molecule has 1 aliphatic carbocycles. The Hall–Kier alpha value is -3.03. The minimum Gasteiger partial charge on any atom is -0.294 e. The highest BCUT2D eigenvalue weighted by Crippen LogP contribution is 2.40. The van der Waals surface area contributed by atoms with Gasteiger partial charge in [0.05, 0.1) is 22.8 Å². The molecule has 24 heavy (non-hydrogen) atoms. The van der Waals surface area contributed by atoms with Gasteiger partial charge in [0, 0.05) is 13.0 Å². The predicted octanol–water partition coefficient (Wildman–Crippen LogP) is 1.78. The summed E-state index contributed by atoms with van der Waals surface area (Å²) >= 11 is 0. The number of fused-ring (bicyclic) bond motifs is 3. The van der Waals surface area contributed by atoms with Crippen molar-refractivity contribution >= 4 is 16.6 Å². The van der Waals surface area contributed by atoms with Crippen molar-refractivity contribution in [3.05, 3.63) is 52.6 Å². The average molecular weight is 324 g/mol. The van der Waals surface area contributed by atoms with Gasteiger partial charge in [0.25, 0.3) is 5.56 Å². The molecule has 0 amide bonds. The van der Waals surface area contributed by atoms with Crippen LogP contribution in [-0.2, 0) is 7.05 Å². The van der Waals surface area contributed by atoms with Crippen LogP contribution in [0.2, 0.25) is 0 Å². The lowest BCUT2D eigenvalue weighted by atomic mass is 10.2. The number of aromatic nitrogens is 6. The molecule has 0 N–H and O–H groups in total. The lowest BCUT2D eigenvalue weighted by molar-refractivity contribution is 0.629. The summed E-state index contributed by atoms with van der Waals surface area (Å²) in [4.78, 5) is 17.1. The molecule has 0 saturated heterocycles. The Labute approximate surface area is 135 Å². The third kappa shape index (κ3) is 1.70. The zero-order chi connectivity index (χ0) is 16.4. The second-order valence-corrected chi connectivity index (χ2v) is 6.13. The van der Waals surface area contributed by atoms with Gasteiger partial charge >= 0.3 is 0 Å². The molecule has 0 unspecified atom stereocenters. The molecule has 0 radical (unpaired) electrons. The number of imidazole rings is 1. The van der Waals surface area contributed by atoms with E-state index in [1.54, 1.807) is 34.7 Å². The van der Waals surface area contributed by atoms with Crippen molar-refractivity contribution in [2.24, 2.45) is 7.05 Å². The molecule has 1 aromatic carbocycles. The average Bonchev–Trinajstić information content (AvgIpc) is 3.14. The number of nitrogens with zero attached hydrogens (tertiary/aromatic N) is 6. The number of halogens is 1. The summed E-state index contributed by atoms with van der Waals surface area (Å²) in [7, 11) is 1.65. The predicted molar refractivity (Wildman–Crippen MR) is 84.8 cm³/mol. The lowest BCUT2D eigenvalue weighted by Crippen LogP contribution is -2.21. The molecular formula is C16H13FN6O. The molecule has 8 heteroatoms. The van der Waals surface area contributed by atoms with Gasteiger partial charge in [0.1, 0.15) is 12.1 Å². The SMILES string of the molecule is Cn1c(=O)c2cc(F)ccc2n2cnc(-n3nncc3C3CC3)c12. The number of benzene rings is 1. The van der Waals surface area contributed by atoms with Gasteiger partial charge in [-0.1, -0.05) is 5.21 Å². The minimum atomic E-state index is -0.438. The standard InChI is InChI=1S/C16H13FN6O/c1-21-15-14(23-13(7-19-20-23)9-2-3-9)18-8-22(15)12-5-4-10(17)6-11(12)16(21)24/h4-9H,2-3H2,1H3. The Morgan fingerprint density at radius 3 is 2.92 bits per heavy atom. The topological polar surface area (TPSA) is 70.0 Å². The highest BCUT2D eigenvalue weighted by molar-refractivity contribution is 5.82. The fourth-order valence-corrected chi connectivity index (χ4v) is 3.20. The molecule has 1 aliphatic rings. The van der Waals surface area contributed by atoms with E-state index in [1.807, 2.05) is 0 Å². The van der Waals surface area contributed by atoms with E-state index in [9.17, 15) is 9.18 Å². The van der Waals surface area contributed by atoms with Crippen LogP contribution in [0.5, 0.6) is 0 Å². The van der Waals surface area contributed by atoms with Crippen molar-refractivity contribution in [2.45, 2.75) is 18.8 Å². The molecule has 3 heterocycles. The van der Waals surface area contributed by atoms with Crippen molar-refractivity contribution < 1.29 is 4.39 Å². The van der Waals surface area contributed by atoms with E-state index in [0.717, 1.165) is 18.5 Å². The van der Waals surface area contributed by atoms with Crippen LogP contribution >= 0.6 is 0 Å². The molecular weight excluding hydrogens is 311 g/mol. The van der Waals surface area contributed by atoms with Gasteiger partial charge in [0.2, 0.25) is 0 Å². The normalized spacial score (nSPS) is 14.8. The molecule has 1 saturated carbocycles. The van der Waals surface area contributed by atoms with Crippen LogP contribution in [0.3, 0.4) is 0 Å². The van der Waals surface area contributed by atoms with Crippen molar-refractivity contribution in [3.8, 4) is 5.82 Å². The second-order valence-electron chi connectivity index (χ2n) is 6.13. The number of hydrogen-bond donors (Lipinski definition) is 0. The fraction of sp³-hybridized carbons (Fsp3) is 0.250. The third-order valence-corrected chi connectivity index (χ3v) is 4.57. The highest BCUT2D eigenvalue weighted by atomic mass is 19.1. The first-order valence-electron chi connectivity index (χ1n) is 7.71. The van der Waals surface area contributed by atoms with Crippen LogP contribution in [0, 0.1) is 5.82 Å². The number of aryl methyl sites for hydroxylation is 1. The van der Waals surface area contributed by atoms with E-state index < -0.39 is 5.82 Å². The monoisotopic (exact) mass is 324 g/mol. The summed E-state index contributed by atoms with van der Waals surface area (Å²) in [5, 5.41) is 8.46. The van der Waals surface area contributed by atoms with Gasteiger partial charge in [-0.25, -0.2) is 9.37 Å². The Morgan fingerprint density at radius 2 is 2.12 bits per heavy atom. The smallest absolute Gasteiger partial charge is 0.261 e. The first-order chi connectivity index (χ1) is 11.6. The first-order valence-corrected chi connectivity index (χ1v) is 7.71. The maximum Gasteiger partial charge on any atom is 0.261 e. The third-order valence-electron chi connectivity index (χ3n) is 4.57. The van der Waals surface area contributed by atoms with E-state index in [2.05, 4.69) is 15.3 Å². The van der Waals surface area contributed by atoms with Gasteiger partial charge in [-0.2, -0.15) is 4.68 Å². The molecule has 7 nitrogen and oxygen atoms in total. The molecule has 1 fully saturated rings. The van der Waals surface area contributed by atoms with Crippen molar-refractivity contribution in [3.63, 3.8) is 0 Å². The van der Waals surface area contributed by atoms with E-state index in [-0.39, 0.29) is 5.56 Å². The van der Waals surface area contributed by atoms with Crippen LogP contribution in [0.25, 0.3) is 22.4 Å². The van der Waals surface area contributed by atoms with E-state index in [1.165, 1.54) is 16.7 Å². The van der Waals surface area contributed by atoms with Gasteiger partial charge in [0.15, 0.2) is 11.5 Å². The summed E-state index contributed by atoms with van der Waals surface area (Å²) in [5.74, 6) is 0.565. The van der Waals surface area contributed by atoms with Crippen molar-refractivity contribution in [1.29, 1.82) is 0 Å². The fourth-order valence-electron chi connectivity index (χ4n) is 3.20. The molecule has 120 valence electrons. The Bertz CT molecular complexity index is 1170. The Morgan fingerprint density at radius 1 is 1.29 bits per heavy atom. The van der Waals surface area contributed by atoms with Crippen molar-refractivity contribution in [1.82, 2.24) is 28.9 Å². The van der Waals surface area contributed by atoms with Crippen molar-refractivity contribution in [2.75, 3.05) is 0 Å². The number of rotatable bonds is 2. The quantitative estimate of drug-likeness (QED) is 0.563. The molecule has 3 aromatic heterocycles. The second kappa shape index (κ2) is 4.50. The summed E-state index contributed by atoms with van der Waals surface area (Å²) in [6.45, 7) is 0. The Balaban J connectivity index is 1.89. The van der Waals surface area contributed by atoms with Crippen LogP contribution < -0.4 is 5.56 Å². The zero-order valence-corrected chi connectivity index (χ0v) is 12.8. The highest BCUT2D eigenvalue weighted by Gasteiger charge is 2.29. The van der Waals surface area contributed by atoms with E-state index in [0.29, 0.717) is 28.3 Å². The van der Waals surface area contributed by atoms with Gasteiger partial charge in [-0.15, -0.1) is 5.10 Å². The van der Waals surface area contributed by atoms with Gasteiger partial charge in [-0.3, -0.25) is 13.8 Å². The summed E-state index contributed by atoms with van der Waals surface area (Å²) in [6, 6.07) is 4.18. The maximum atomic E-state index is 13.5. The lowest BCUT2D eigenvalue weighted by Gasteiger charge is -2.09. The summed E-state index contributed by atoms with van der Waals surface area (Å²) < 4.78 is 18.5. The Kier molecular flexibility index (Phi) is 2.51. The maximum absolute atomic E-state index is 13.5. The van der Waals surface area contributed by atoms with Crippen LogP contribution in [-0.4, -0.2) is 28.9 Å².